The second-order valence-corrected chi connectivity index (χ2v) is 11.4. The van der Waals surface area contributed by atoms with Gasteiger partial charge in [-0.1, -0.05) is 59.7 Å². The second-order valence-electron chi connectivity index (χ2n) is 9.12. The largest absolute Gasteiger partial charge is 0.403 e. The van der Waals surface area contributed by atoms with Gasteiger partial charge in [0.2, 0.25) is 0 Å². The number of carbonyl (C=O) groups excluding carboxylic acids is 1. The Kier molecular flexibility index (Phi) is 6.20. The van der Waals surface area contributed by atoms with Gasteiger partial charge in [-0.05, 0) is 17.7 Å². The van der Waals surface area contributed by atoms with Crippen LogP contribution in [0.25, 0.3) is 11.5 Å². The molecule has 1 atom stereocenters. The lowest BCUT2D eigenvalue weighted by Gasteiger charge is -2.28. The van der Waals surface area contributed by atoms with Gasteiger partial charge >= 0.3 is 6.01 Å². The minimum absolute atomic E-state index is 0.0523. The Labute approximate surface area is 219 Å². The predicted octanol–water partition coefficient (Wildman–Crippen LogP) is 2.77. The molecular formula is C27H24N6O4S. The normalized spacial score (nSPS) is 18.8. The van der Waals surface area contributed by atoms with Gasteiger partial charge in [0.05, 0.1) is 22.8 Å². The van der Waals surface area contributed by atoms with Crippen LogP contribution in [0.5, 0.6) is 0 Å². The van der Waals surface area contributed by atoms with Crippen molar-refractivity contribution in [1.82, 2.24) is 15.2 Å². The minimum Gasteiger partial charge on any atom is -0.403 e. The first-order chi connectivity index (χ1) is 18.5. The molecule has 192 valence electrons. The van der Waals surface area contributed by atoms with Gasteiger partial charge in [0.1, 0.15) is 5.82 Å². The van der Waals surface area contributed by atoms with E-state index in [1.165, 1.54) is 0 Å². The SMILES string of the molecule is O=C1Cc2ccccc2C(c2ccccc2)=NC1Nc1nnc(-c2cccnc2N2CCS(=O)(=O)CC2)o1. The van der Waals surface area contributed by atoms with Crippen LogP contribution >= 0.6 is 0 Å². The number of nitrogens with zero attached hydrogens (tertiary/aromatic N) is 5. The van der Waals surface area contributed by atoms with Gasteiger partial charge in [-0.15, -0.1) is 5.10 Å². The Morgan fingerprint density at radius 1 is 0.895 bits per heavy atom. The van der Waals surface area contributed by atoms with Crippen LogP contribution in [0.15, 0.2) is 82.3 Å². The van der Waals surface area contributed by atoms with Gasteiger partial charge in [0, 0.05) is 36.8 Å². The summed E-state index contributed by atoms with van der Waals surface area (Å²) in [6, 6.07) is 21.1. The molecule has 2 aromatic heterocycles. The number of hydrogen-bond acceptors (Lipinski definition) is 10. The fourth-order valence-electron chi connectivity index (χ4n) is 4.65. The minimum atomic E-state index is -3.04. The van der Waals surface area contributed by atoms with Gasteiger partial charge in [-0.3, -0.25) is 9.79 Å². The molecule has 10 nitrogen and oxygen atoms in total. The van der Waals surface area contributed by atoms with Gasteiger partial charge in [0.25, 0.3) is 5.89 Å². The number of anilines is 2. The molecular weight excluding hydrogens is 504 g/mol. The van der Waals surface area contributed by atoms with E-state index in [9.17, 15) is 13.2 Å². The lowest BCUT2D eigenvalue weighted by molar-refractivity contribution is -0.119. The van der Waals surface area contributed by atoms with Crippen molar-refractivity contribution >= 4 is 33.2 Å². The third-order valence-corrected chi connectivity index (χ3v) is 8.20. The maximum absolute atomic E-state index is 13.2. The second kappa shape index (κ2) is 9.82. The molecule has 4 aromatic rings. The first-order valence-electron chi connectivity index (χ1n) is 12.2. The fourth-order valence-corrected chi connectivity index (χ4v) is 5.85. The summed E-state index contributed by atoms with van der Waals surface area (Å²) in [7, 11) is -3.04. The molecule has 1 saturated heterocycles. The average Bonchev–Trinajstić information content (AvgIpc) is 3.35. The smallest absolute Gasteiger partial charge is 0.317 e. The Balaban J connectivity index is 1.30. The van der Waals surface area contributed by atoms with Crippen LogP contribution in [0, 0.1) is 0 Å². The molecule has 0 radical (unpaired) electrons. The van der Waals surface area contributed by atoms with Gasteiger partial charge in [0.15, 0.2) is 21.8 Å². The number of hydrogen-bond donors (Lipinski definition) is 1. The van der Waals surface area contributed by atoms with E-state index < -0.39 is 16.0 Å². The van der Waals surface area contributed by atoms with Crippen molar-refractivity contribution in [3.63, 3.8) is 0 Å². The number of rotatable bonds is 5. The summed E-state index contributed by atoms with van der Waals surface area (Å²) in [5.41, 5.74) is 4.00. The molecule has 11 heteroatoms. The zero-order chi connectivity index (χ0) is 26.1. The molecule has 2 aliphatic rings. The van der Waals surface area contributed by atoms with E-state index in [-0.39, 0.29) is 35.6 Å². The molecule has 1 fully saturated rings. The summed E-state index contributed by atoms with van der Waals surface area (Å²) in [6.07, 6.45) is 0.921. The molecule has 2 aromatic carbocycles. The van der Waals surface area contributed by atoms with Gasteiger partial charge < -0.3 is 14.6 Å². The van der Waals surface area contributed by atoms with Crippen molar-refractivity contribution in [2.24, 2.45) is 4.99 Å². The maximum atomic E-state index is 13.2. The highest BCUT2D eigenvalue weighted by Gasteiger charge is 2.29. The van der Waals surface area contributed by atoms with E-state index in [1.807, 2.05) is 59.5 Å². The monoisotopic (exact) mass is 528 g/mol. The van der Waals surface area contributed by atoms with Crippen LogP contribution in [0.1, 0.15) is 16.7 Å². The van der Waals surface area contributed by atoms with Crippen molar-refractivity contribution in [3.05, 3.63) is 89.6 Å². The third-order valence-electron chi connectivity index (χ3n) is 6.59. The lowest BCUT2D eigenvalue weighted by Crippen LogP contribution is -2.40. The number of pyridine rings is 1. The number of aliphatic imine (C=N–C) groups is 1. The molecule has 0 bridgehead atoms. The van der Waals surface area contributed by atoms with E-state index in [4.69, 9.17) is 9.41 Å². The summed E-state index contributed by atoms with van der Waals surface area (Å²) in [6.45, 7) is 0.666. The van der Waals surface area contributed by atoms with Crippen molar-refractivity contribution in [2.75, 3.05) is 34.8 Å². The van der Waals surface area contributed by atoms with E-state index >= 15 is 0 Å². The number of nitrogens with one attached hydrogen (secondary N) is 1. The van der Waals surface area contributed by atoms with Crippen molar-refractivity contribution in [1.29, 1.82) is 0 Å². The number of fused-ring (bicyclic) bond motifs is 1. The first kappa shape index (κ1) is 24.0. The number of benzene rings is 2. The first-order valence-corrected chi connectivity index (χ1v) is 14.0. The Hall–Kier alpha value is -4.38. The third kappa shape index (κ3) is 4.80. The average molecular weight is 529 g/mol. The predicted molar refractivity (Wildman–Crippen MR) is 143 cm³/mol. The van der Waals surface area contributed by atoms with Crippen LogP contribution in [0.2, 0.25) is 0 Å². The number of aromatic nitrogens is 3. The number of Topliss-reactive ketones (excluding diaryl/α,β-unsaturated/α-hetero) is 1. The number of sulfone groups is 1. The topological polar surface area (TPSA) is 131 Å². The summed E-state index contributed by atoms with van der Waals surface area (Å²) in [5, 5.41) is 11.3. The number of ketones is 1. The molecule has 0 amide bonds. The maximum Gasteiger partial charge on any atom is 0.317 e. The molecule has 4 heterocycles. The van der Waals surface area contributed by atoms with E-state index in [0.29, 0.717) is 30.2 Å². The summed E-state index contributed by atoms with van der Waals surface area (Å²) in [5.74, 6) is 0.782. The van der Waals surface area contributed by atoms with Gasteiger partial charge in [-0.2, -0.15) is 0 Å². The van der Waals surface area contributed by atoms with Crippen LogP contribution in [-0.4, -0.2) is 65.9 Å². The lowest BCUT2D eigenvalue weighted by atomic mass is 9.96. The molecule has 0 saturated carbocycles. The van der Waals surface area contributed by atoms with Crippen LogP contribution in [-0.2, 0) is 21.1 Å². The van der Waals surface area contributed by atoms with Crippen molar-refractivity contribution in [2.45, 2.75) is 12.6 Å². The van der Waals surface area contributed by atoms with Crippen molar-refractivity contribution in [3.8, 4) is 11.5 Å². The molecule has 0 aliphatic carbocycles. The van der Waals surface area contributed by atoms with E-state index in [1.54, 1.807) is 18.3 Å². The van der Waals surface area contributed by atoms with E-state index in [2.05, 4.69) is 20.5 Å². The molecule has 0 spiro atoms. The highest BCUT2D eigenvalue weighted by molar-refractivity contribution is 7.91. The zero-order valence-corrected chi connectivity index (χ0v) is 21.1. The standard InChI is InChI=1S/C27H24N6O4S/c34-22-17-19-9-4-5-10-20(19)23(18-7-2-1-3-8-18)29-24(22)30-27-32-31-26(37-27)21-11-6-12-28-25(21)33-13-15-38(35,36)16-14-33/h1-12,24H,13-17H2,(H,30,32). The van der Waals surface area contributed by atoms with E-state index in [0.717, 1.165) is 16.7 Å². The quantitative estimate of drug-likeness (QED) is 0.415. The highest BCUT2D eigenvalue weighted by atomic mass is 32.2. The molecule has 38 heavy (non-hydrogen) atoms. The Morgan fingerprint density at radius 2 is 1.63 bits per heavy atom. The zero-order valence-electron chi connectivity index (χ0n) is 20.3. The molecule has 1 unspecified atom stereocenters. The summed E-state index contributed by atoms with van der Waals surface area (Å²) < 4.78 is 29.7. The number of carbonyl (C=O) groups is 1. The van der Waals surface area contributed by atoms with Crippen LogP contribution in [0.4, 0.5) is 11.8 Å². The molecule has 6 rings (SSSR count). The van der Waals surface area contributed by atoms with Crippen LogP contribution < -0.4 is 10.2 Å². The Bertz CT molecular complexity index is 1620. The summed E-state index contributed by atoms with van der Waals surface area (Å²) in [4.78, 5) is 24.4. The summed E-state index contributed by atoms with van der Waals surface area (Å²) >= 11 is 0. The van der Waals surface area contributed by atoms with Crippen molar-refractivity contribution < 1.29 is 17.6 Å². The van der Waals surface area contributed by atoms with Gasteiger partial charge in [-0.25, -0.2) is 13.4 Å². The molecule has 2 aliphatic heterocycles. The molecule has 1 N–H and O–H groups in total. The highest BCUT2D eigenvalue weighted by Crippen LogP contribution is 2.30. The fraction of sp³-hybridized carbons (Fsp3) is 0.222. The Morgan fingerprint density at radius 3 is 2.45 bits per heavy atom. The van der Waals surface area contributed by atoms with Crippen LogP contribution in [0.3, 0.4) is 0 Å².